The first-order valence-electron chi connectivity index (χ1n) is 7.47. The fraction of sp³-hybridized carbons (Fsp3) is 0.733. The average Bonchev–Trinajstić information content (AvgIpc) is 2.96. The van der Waals surface area contributed by atoms with Crippen LogP contribution in [0.5, 0.6) is 0 Å². The predicted molar refractivity (Wildman–Crippen MR) is 81.5 cm³/mol. The van der Waals surface area contributed by atoms with E-state index in [-0.39, 0.29) is 18.2 Å². The number of rotatable bonds is 6. The lowest BCUT2D eigenvalue weighted by molar-refractivity contribution is 0.0612. The molecule has 0 amide bonds. The second-order valence-electron chi connectivity index (χ2n) is 6.35. The predicted octanol–water partition coefficient (Wildman–Crippen LogP) is 2.21. The lowest BCUT2D eigenvalue weighted by atomic mass is 9.97. The molecule has 1 aromatic rings. The quantitative estimate of drug-likeness (QED) is 0.843. The lowest BCUT2D eigenvalue weighted by Crippen LogP contribution is -2.40. The molecule has 0 saturated heterocycles. The molecule has 0 aliphatic heterocycles. The summed E-state index contributed by atoms with van der Waals surface area (Å²) in [6, 6.07) is 1.75. The van der Waals surface area contributed by atoms with Gasteiger partial charge in [-0.15, -0.1) is 0 Å². The first-order chi connectivity index (χ1) is 9.70. The molecule has 1 aliphatic carbocycles. The number of hydrogen-bond acceptors (Lipinski definition) is 4. The van der Waals surface area contributed by atoms with Crippen molar-refractivity contribution >= 4 is 10.0 Å². The number of hydrogen-bond donors (Lipinski definition) is 2. The second-order valence-corrected chi connectivity index (χ2v) is 8.21. The Balaban J connectivity index is 1.98. The van der Waals surface area contributed by atoms with E-state index in [1.807, 2.05) is 0 Å². The molecule has 1 unspecified atom stereocenters. The van der Waals surface area contributed by atoms with Gasteiger partial charge < -0.3 is 9.52 Å². The van der Waals surface area contributed by atoms with E-state index in [1.165, 1.54) is 0 Å². The molecule has 0 bridgehead atoms. The average molecular weight is 315 g/mol. The van der Waals surface area contributed by atoms with E-state index in [1.54, 1.807) is 26.8 Å². The van der Waals surface area contributed by atoms with Crippen molar-refractivity contribution in [3.8, 4) is 0 Å². The van der Waals surface area contributed by atoms with Gasteiger partial charge in [0, 0.05) is 12.1 Å². The van der Waals surface area contributed by atoms with Gasteiger partial charge >= 0.3 is 0 Å². The Labute approximate surface area is 126 Å². The summed E-state index contributed by atoms with van der Waals surface area (Å²) in [5.41, 5.74) is -0.645. The number of sulfonamides is 1. The first kappa shape index (κ1) is 16.5. The third-order valence-electron chi connectivity index (χ3n) is 4.19. The van der Waals surface area contributed by atoms with Crippen molar-refractivity contribution in [2.75, 3.05) is 12.3 Å². The topological polar surface area (TPSA) is 79.5 Å². The summed E-state index contributed by atoms with van der Waals surface area (Å²) in [7, 11) is -3.35. The Bertz CT molecular complexity index is 583. The molecule has 1 atom stereocenters. The molecule has 0 spiro atoms. The third kappa shape index (κ3) is 4.31. The molecule has 1 aliphatic rings. The van der Waals surface area contributed by atoms with Crippen molar-refractivity contribution in [1.29, 1.82) is 0 Å². The number of furan rings is 1. The van der Waals surface area contributed by atoms with Crippen LogP contribution >= 0.6 is 0 Å². The van der Waals surface area contributed by atoms with Gasteiger partial charge in [-0.3, -0.25) is 0 Å². The maximum absolute atomic E-state index is 12.1. The SMILES string of the molecule is Cc1cc(C(C)(O)CNS(=O)(=O)CC2CCCC2)c(C)o1. The Morgan fingerprint density at radius 3 is 2.52 bits per heavy atom. The Hall–Kier alpha value is -0.850. The summed E-state index contributed by atoms with van der Waals surface area (Å²) >= 11 is 0. The molecule has 6 heteroatoms. The largest absolute Gasteiger partial charge is 0.466 e. The molecule has 21 heavy (non-hydrogen) atoms. The zero-order valence-corrected chi connectivity index (χ0v) is 13.8. The highest BCUT2D eigenvalue weighted by molar-refractivity contribution is 7.89. The van der Waals surface area contributed by atoms with Crippen LogP contribution in [0.2, 0.25) is 0 Å². The van der Waals surface area contributed by atoms with E-state index < -0.39 is 15.6 Å². The maximum atomic E-state index is 12.1. The second kappa shape index (κ2) is 6.10. The van der Waals surface area contributed by atoms with Crippen LogP contribution in [0.15, 0.2) is 10.5 Å². The zero-order valence-electron chi connectivity index (χ0n) is 13.0. The summed E-state index contributed by atoms with van der Waals surface area (Å²) in [5.74, 6) is 1.74. The van der Waals surface area contributed by atoms with Gasteiger partial charge in [0.05, 0.1) is 5.75 Å². The summed E-state index contributed by atoms with van der Waals surface area (Å²) in [6.07, 6.45) is 4.20. The molecule has 2 rings (SSSR count). The molecular weight excluding hydrogens is 290 g/mol. The highest BCUT2D eigenvalue weighted by Gasteiger charge is 2.30. The normalized spacial score (nSPS) is 19.8. The van der Waals surface area contributed by atoms with E-state index in [0.717, 1.165) is 25.7 Å². The highest BCUT2D eigenvalue weighted by atomic mass is 32.2. The van der Waals surface area contributed by atoms with E-state index in [0.29, 0.717) is 17.1 Å². The van der Waals surface area contributed by atoms with Gasteiger partial charge in [-0.2, -0.15) is 0 Å². The molecule has 1 aromatic heterocycles. The zero-order chi connectivity index (χ0) is 15.7. The Kier molecular flexibility index (Phi) is 4.80. The Morgan fingerprint density at radius 2 is 2.00 bits per heavy atom. The van der Waals surface area contributed by atoms with Crippen molar-refractivity contribution < 1.29 is 17.9 Å². The van der Waals surface area contributed by atoms with E-state index in [9.17, 15) is 13.5 Å². The minimum absolute atomic E-state index is 0.0398. The minimum atomic E-state index is -3.35. The van der Waals surface area contributed by atoms with Gasteiger partial charge in [0.15, 0.2) is 0 Å². The molecule has 120 valence electrons. The summed E-state index contributed by atoms with van der Waals surface area (Å²) in [6.45, 7) is 5.13. The minimum Gasteiger partial charge on any atom is -0.466 e. The van der Waals surface area contributed by atoms with Crippen molar-refractivity contribution in [3.63, 3.8) is 0 Å². The van der Waals surface area contributed by atoms with Gasteiger partial charge in [0.2, 0.25) is 10.0 Å². The summed E-state index contributed by atoms with van der Waals surface area (Å²) < 4.78 is 32.2. The van der Waals surface area contributed by atoms with Crippen LogP contribution in [0.25, 0.3) is 0 Å². The van der Waals surface area contributed by atoms with Crippen molar-refractivity contribution in [2.24, 2.45) is 5.92 Å². The molecule has 1 heterocycles. The molecule has 2 N–H and O–H groups in total. The monoisotopic (exact) mass is 315 g/mol. The van der Waals surface area contributed by atoms with Crippen LogP contribution < -0.4 is 4.72 Å². The fourth-order valence-electron chi connectivity index (χ4n) is 3.06. The maximum Gasteiger partial charge on any atom is 0.211 e. The number of nitrogens with one attached hydrogen (secondary N) is 1. The summed E-state index contributed by atoms with van der Waals surface area (Å²) in [5, 5.41) is 10.5. The first-order valence-corrected chi connectivity index (χ1v) is 9.12. The van der Waals surface area contributed by atoms with E-state index in [4.69, 9.17) is 4.42 Å². The van der Waals surface area contributed by atoms with Gasteiger partial charge in [-0.25, -0.2) is 13.1 Å². The molecule has 1 saturated carbocycles. The van der Waals surface area contributed by atoms with Gasteiger partial charge in [0.25, 0.3) is 0 Å². The van der Waals surface area contributed by atoms with Crippen LogP contribution in [0, 0.1) is 19.8 Å². The van der Waals surface area contributed by atoms with Crippen LogP contribution in [-0.4, -0.2) is 25.8 Å². The van der Waals surface area contributed by atoms with Crippen molar-refractivity contribution in [1.82, 2.24) is 4.72 Å². The third-order valence-corrected chi connectivity index (χ3v) is 5.68. The van der Waals surface area contributed by atoms with Gasteiger partial charge in [-0.05, 0) is 45.6 Å². The lowest BCUT2D eigenvalue weighted by Gasteiger charge is -2.23. The molecule has 0 aromatic carbocycles. The van der Waals surface area contributed by atoms with Crippen LogP contribution in [-0.2, 0) is 15.6 Å². The Morgan fingerprint density at radius 1 is 1.38 bits per heavy atom. The fourth-order valence-corrected chi connectivity index (χ4v) is 4.63. The van der Waals surface area contributed by atoms with Gasteiger partial charge in [-0.1, -0.05) is 12.8 Å². The van der Waals surface area contributed by atoms with Crippen molar-refractivity contribution in [3.05, 3.63) is 23.2 Å². The molecule has 0 radical (unpaired) electrons. The van der Waals surface area contributed by atoms with Crippen molar-refractivity contribution in [2.45, 2.75) is 52.1 Å². The van der Waals surface area contributed by atoms with E-state index >= 15 is 0 Å². The molecular formula is C15H25NO4S. The summed E-state index contributed by atoms with van der Waals surface area (Å²) in [4.78, 5) is 0. The number of aryl methyl sites for hydroxylation is 2. The van der Waals surface area contributed by atoms with Crippen LogP contribution in [0.1, 0.15) is 49.7 Å². The van der Waals surface area contributed by atoms with E-state index in [2.05, 4.69) is 4.72 Å². The smallest absolute Gasteiger partial charge is 0.211 e. The number of aliphatic hydroxyl groups is 1. The van der Waals surface area contributed by atoms with Crippen LogP contribution in [0.4, 0.5) is 0 Å². The highest BCUT2D eigenvalue weighted by Crippen LogP contribution is 2.28. The molecule has 5 nitrogen and oxygen atoms in total. The van der Waals surface area contributed by atoms with Gasteiger partial charge in [0.1, 0.15) is 17.1 Å². The molecule has 1 fully saturated rings. The standard InChI is InChI=1S/C15H25NO4S/c1-11-8-14(12(2)20-11)15(3,17)10-16-21(18,19)9-13-6-4-5-7-13/h8,13,16-17H,4-7,9-10H2,1-3H3. The van der Waals surface area contributed by atoms with Crippen LogP contribution in [0.3, 0.4) is 0 Å².